The number of nitrogens with two attached hydrogens (primary N) is 1. The lowest BCUT2D eigenvalue weighted by Crippen LogP contribution is -2.13. The number of nitrogens with one attached hydrogen (secondary N) is 1. The summed E-state index contributed by atoms with van der Waals surface area (Å²) < 4.78 is 4.61. The highest BCUT2D eigenvalue weighted by atomic mass is 32.2. The number of carbonyl (C=O) groups excluding carboxylic acids is 2. The molecule has 0 unspecified atom stereocenters. The molecule has 3 N–H and O–H groups in total. The largest absolute Gasteiger partial charge is 0.469 e. The molecule has 1 amide bonds. The number of rotatable bonds is 9. The van der Waals surface area contributed by atoms with Crippen molar-refractivity contribution >= 4 is 40.7 Å². The molecule has 0 saturated heterocycles. The molecule has 1 aromatic carbocycles. The van der Waals surface area contributed by atoms with Crippen LogP contribution in [0.25, 0.3) is 0 Å². The molecule has 25 heavy (non-hydrogen) atoms. The van der Waals surface area contributed by atoms with Crippen molar-refractivity contribution in [3.8, 4) is 0 Å². The second-order valence-corrected chi connectivity index (χ2v) is 7.25. The maximum atomic E-state index is 12.3. The number of amides is 1. The third-order valence-electron chi connectivity index (χ3n) is 3.27. The predicted octanol–water partition coefficient (Wildman–Crippen LogP) is 2.69. The zero-order valence-electron chi connectivity index (χ0n) is 14.0. The van der Waals surface area contributed by atoms with E-state index in [0.29, 0.717) is 30.8 Å². The van der Waals surface area contributed by atoms with Gasteiger partial charge in [-0.2, -0.15) is 11.8 Å². The van der Waals surface area contributed by atoms with Crippen molar-refractivity contribution in [3.63, 3.8) is 0 Å². The number of thioether (sulfide) groups is 1. The van der Waals surface area contributed by atoms with E-state index in [1.807, 2.05) is 24.3 Å². The number of anilines is 1. The molecule has 134 valence electrons. The predicted molar refractivity (Wildman–Crippen MR) is 102 cm³/mol. The van der Waals surface area contributed by atoms with E-state index in [9.17, 15) is 9.59 Å². The lowest BCUT2D eigenvalue weighted by molar-refractivity contribution is -0.140. The summed E-state index contributed by atoms with van der Waals surface area (Å²) in [5.74, 6) is 1.03. The number of thiazole rings is 1. The maximum Gasteiger partial charge on any atom is 0.306 e. The number of aromatic nitrogens is 1. The van der Waals surface area contributed by atoms with Crippen molar-refractivity contribution in [3.05, 3.63) is 45.9 Å². The van der Waals surface area contributed by atoms with E-state index in [1.54, 1.807) is 17.1 Å². The number of carbonyl (C=O) groups is 2. The van der Waals surface area contributed by atoms with Crippen LogP contribution >= 0.6 is 23.1 Å². The lowest BCUT2D eigenvalue weighted by Gasteiger charge is -2.06. The highest BCUT2D eigenvalue weighted by Crippen LogP contribution is 2.18. The summed E-state index contributed by atoms with van der Waals surface area (Å²) in [4.78, 5) is 27.6. The second kappa shape index (κ2) is 10.2. The number of hydrogen-bond acceptors (Lipinski definition) is 7. The molecule has 8 heteroatoms. The third-order valence-corrected chi connectivity index (χ3v) is 5.21. The van der Waals surface area contributed by atoms with Crippen LogP contribution in [0.1, 0.15) is 27.5 Å². The van der Waals surface area contributed by atoms with Gasteiger partial charge in [-0.3, -0.25) is 9.59 Å². The smallest absolute Gasteiger partial charge is 0.306 e. The van der Waals surface area contributed by atoms with Gasteiger partial charge >= 0.3 is 5.97 Å². The molecule has 0 bridgehead atoms. The molecule has 0 atom stereocenters. The van der Waals surface area contributed by atoms with Gasteiger partial charge in [-0.1, -0.05) is 12.1 Å². The Bertz CT molecular complexity index is 719. The van der Waals surface area contributed by atoms with Crippen LogP contribution in [-0.2, 0) is 21.7 Å². The highest BCUT2D eigenvalue weighted by molar-refractivity contribution is 7.98. The number of methoxy groups -OCH3 is 1. The molecule has 6 nitrogen and oxygen atoms in total. The summed E-state index contributed by atoms with van der Waals surface area (Å²) in [5, 5.41) is 5.47. The molecule has 2 aromatic rings. The van der Waals surface area contributed by atoms with Crippen molar-refractivity contribution in [2.75, 3.05) is 24.7 Å². The van der Waals surface area contributed by atoms with Crippen LogP contribution in [0.5, 0.6) is 0 Å². The number of hydrogen-bond donors (Lipinski definition) is 2. The minimum absolute atomic E-state index is 0.203. The Morgan fingerprint density at radius 1 is 1.40 bits per heavy atom. The molecule has 0 spiro atoms. The Morgan fingerprint density at radius 2 is 2.24 bits per heavy atom. The van der Waals surface area contributed by atoms with Gasteiger partial charge in [0.2, 0.25) is 0 Å². The van der Waals surface area contributed by atoms with E-state index in [4.69, 9.17) is 5.73 Å². The number of benzene rings is 1. The van der Waals surface area contributed by atoms with Crippen LogP contribution in [0, 0.1) is 0 Å². The van der Waals surface area contributed by atoms with Crippen LogP contribution < -0.4 is 11.1 Å². The minimum atomic E-state index is -0.227. The van der Waals surface area contributed by atoms with Crippen LogP contribution in [0.15, 0.2) is 29.6 Å². The van der Waals surface area contributed by atoms with Gasteiger partial charge in [0.1, 0.15) is 5.69 Å². The summed E-state index contributed by atoms with van der Waals surface area (Å²) in [6.07, 6.45) is 1.07. The Morgan fingerprint density at radius 3 is 3.00 bits per heavy atom. The lowest BCUT2D eigenvalue weighted by atomic mass is 10.2. The monoisotopic (exact) mass is 379 g/mol. The molecule has 0 aliphatic carbocycles. The molecule has 1 aromatic heterocycles. The molecule has 0 radical (unpaired) electrons. The van der Waals surface area contributed by atoms with Crippen molar-refractivity contribution < 1.29 is 14.3 Å². The number of esters is 1. The first-order valence-electron chi connectivity index (χ1n) is 7.81. The molecule has 0 aliphatic rings. The molecule has 1 heterocycles. The minimum Gasteiger partial charge on any atom is -0.469 e. The standard InChI is InChI=1S/C17H21N3O3S2/c1-23-16(21)6-8-24-10-12-3-2-4-13(9-12)19-17(22)14-11-25-15(20-14)5-7-18/h2-4,9,11H,5-8,10,18H2,1H3,(H,19,22). The van der Waals surface area contributed by atoms with E-state index in [0.717, 1.165) is 22.0 Å². The first kappa shape index (κ1) is 19.4. The van der Waals surface area contributed by atoms with Gasteiger partial charge in [0, 0.05) is 29.0 Å². The molecule has 0 aliphatic heterocycles. The van der Waals surface area contributed by atoms with Gasteiger partial charge in [0.05, 0.1) is 18.5 Å². The maximum absolute atomic E-state index is 12.3. The fraction of sp³-hybridized carbons (Fsp3) is 0.353. The van der Waals surface area contributed by atoms with Crippen molar-refractivity contribution in [1.29, 1.82) is 0 Å². The average Bonchev–Trinajstić information content (AvgIpc) is 3.08. The third kappa shape index (κ3) is 6.49. The summed E-state index contributed by atoms with van der Waals surface area (Å²) >= 11 is 3.09. The van der Waals surface area contributed by atoms with Crippen molar-refractivity contribution in [2.45, 2.75) is 18.6 Å². The Labute approximate surface area is 155 Å². The summed E-state index contributed by atoms with van der Waals surface area (Å²) in [6, 6.07) is 7.65. The van der Waals surface area contributed by atoms with E-state index in [1.165, 1.54) is 18.4 Å². The van der Waals surface area contributed by atoms with Gasteiger partial charge in [-0.05, 0) is 24.2 Å². The van der Waals surface area contributed by atoms with Crippen LogP contribution in [-0.4, -0.2) is 36.3 Å². The van der Waals surface area contributed by atoms with Gasteiger partial charge in [-0.25, -0.2) is 4.98 Å². The van der Waals surface area contributed by atoms with Crippen molar-refractivity contribution in [2.24, 2.45) is 5.73 Å². The topological polar surface area (TPSA) is 94.3 Å². The van der Waals surface area contributed by atoms with Crippen LogP contribution in [0.3, 0.4) is 0 Å². The first-order valence-corrected chi connectivity index (χ1v) is 9.85. The highest BCUT2D eigenvalue weighted by Gasteiger charge is 2.11. The SMILES string of the molecule is COC(=O)CCSCc1cccc(NC(=O)c2csc(CCN)n2)c1. The van der Waals surface area contributed by atoms with E-state index < -0.39 is 0 Å². The quantitative estimate of drug-likeness (QED) is 0.514. The average molecular weight is 380 g/mol. The molecular formula is C17H21N3O3S2. The second-order valence-electron chi connectivity index (χ2n) is 5.20. The van der Waals surface area contributed by atoms with Gasteiger partial charge in [0.15, 0.2) is 0 Å². The number of ether oxygens (including phenoxy) is 1. The van der Waals surface area contributed by atoms with Crippen LogP contribution in [0.2, 0.25) is 0 Å². The van der Waals surface area contributed by atoms with E-state index >= 15 is 0 Å². The van der Waals surface area contributed by atoms with Gasteiger partial charge < -0.3 is 15.8 Å². The molecule has 0 saturated carbocycles. The van der Waals surface area contributed by atoms with Crippen molar-refractivity contribution in [1.82, 2.24) is 4.98 Å². The zero-order chi connectivity index (χ0) is 18.1. The van der Waals surface area contributed by atoms with E-state index in [-0.39, 0.29) is 11.9 Å². The molecular weight excluding hydrogens is 358 g/mol. The zero-order valence-corrected chi connectivity index (χ0v) is 15.6. The molecule has 0 fully saturated rings. The summed E-state index contributed by atoms with van der Waals surface area (Å²) in [7, 11) is 1.39. The summed E-state index contributed by atoms with van der Waals surface area (Å²) in [5.41, 5.74) is 7.71. The van der Waals surface area contributed by atoms with Gasteiger partial charge in [0.25, 0.3) is 5.91 Å². The molecule has 2 rings (SSSR count). The Balaban J connectivity index is 1.87. The Hall–Kier alpha value is -1.90. The normalized spacial score (nSPS) is 10.5. The first-order chi connectivity index (χ1) is 12.1. The van der Waals surface area contributed by atoms with Gasteiger partial charge in [-0.15, -0.1) is 11.3 Å². The van der Waals surface area contributed by atoms with Crippen LogP contribution in [0.4, 0.5) is 5.69 Å². The number of nitrogens with zero attached hydrogens (tertiary/aromatic N) is 1. The fourth-order valence-corrected chi connectivity index (χ4v) is 3.70. The van der Waals surface area contributed by atoms with E-state index in [2.05, 4.69) is 15.0 Å². The Kier molecular flexibility index (Phi) is 7.90. The summed E-state index contributed by atoms with van der Waals surface area (Å²) in [6.45, 7) is 0.518. The fourth-order valence-electron chi connectivity index (χ4n) is 2.04.